The topological polar surface area (TPSA) is 61.9 Å². The van der Waals surface area contributed by atoms with Crippen LogP contribution in [0.1, 0.15) is 11.8 Å². The number of rotatable bonds is 4. The van der Waals surface area contributed by atoms with Crippen molar-refractivity contribution in [3.63, 3.8) is 0 Å². The molecule has 0 radical (unpaired) electrons. The van der Waals surface area contributed by atoms with Gasteiger partial charge in [0.1, 0.15) is 0 Å². The zero-order valence-corrected chi connectivity index (χ0v) is 9.16. The average molecular weight is 213 g/mol. The van der Waals surface area contributed by atoms with E-state index in [0.717, 1.165) is 6.54 Å². The first kappa shape index (κ1) is 11.0. The normalized spacial score (nSPS) is 14.6. The summed E-state index contributed by atoms with van der Waals surface area (Å²) in [6, 6.07) is 4.03. The van der Waals surface area contributed by atoms with Gasteiger partial charge in [0.2, 0.25) is 0 Å². The number of oxime groups is 1. The van der Waals surface area contributed by atoms with Crippen LogP contribution in [0, 0.1) is 0 Å². The third-order valence-electron chi connectivity index (χ3n) is 2.19. The van der Waals surface area contributed by atoms with E-state index in [0.29, 0.717) is 0 Å². The Balaban J connectivity index is 2.54. The van der Waals surface area contributed by atoms with Gasteiger partial charge in [0.05, 0.1) is 6.04 Å². The fourth-order valence-corrected chi connectivity index (χ4v) is 1.86. The molecule has 1 aromatic rings. The minimum atomic E-state index is -0.0536. The van der Waals surface area contributed by atoms with Gasteiger partial charge in [-0.25, -0.2) is 0 Å². The molecule has 1 heterocycles. The molecule has 0 aromatic carbocycles. The monoisotopic (exact) mass is 213 g/mol. The average Bonchev–Trinajstić information content (AvgIpc) is 2.68. The molecule has 3 N–H and O–H groups in total. The fraction of sp³-hybridized carbons (Fsp3) is 0.444. The molecule has 1 unspecified atom stereocenters. The predicted molar refractivity (Wildman–Crippen MR) is 58.7 cm³/mol. The molecular weight excluding hydrogens is 198 g/mol. The first-order chi connectivity index (χ1) is 6.65. The van der Waals surface area contributed by atoms with E-state index in [2.05, 4.69) is 11.2 Å². The molecule has 1 aromatic heterocycles. The molecule has 0 bridgehead atoms. The number of hydrogen-bond acceptors (Lipinski definition) is 4. The number of likely N-dealkylation sites (N-methyl/N-ethyl adjacent to an activating group) is 1. The van der Waals surface area contributed by atoms with E-state index in [1.807, 2.05) is 30.3 Å². The molecule has 0 saturated heterocycles. The van der Waals surface area contributed by atoms with Gasteiger partial charge in [-0.2, -0.15) is 0 Å². The van der Waals surface area contributed by atoms with Crippen molar-refractivity contribution in [2.45, 2.75) is 19.5 Å². The molecule has 0 aliphatic carbocycles. The van der Waals surface area contributed by atoms with Gasteiger partial charge in [0.25, 0.3) is 0 Å². The van der Waals surface area contributed by atoms with Crippen molar-refractivity contribution in [2.75, 3.05) is 7.05 Å². The Bertz CT molecular complexity index is 297. The van der Waals surface area contributed by atoms with Gasteiger partial charge in [0, 0.05) is 11.4 Å². The SMILES string of the molecule is CC(C(N)=NO)N(C)Cc1cccs1. The van der Waals surface area contributed by atoms with Crippen molar-refractivity contribution < 1.29 is 5.21 Å². The summed E-state index contributed by atoms with van der Waals surface area (Å²) in [6.45, 7) is 2.72. The minimum absolute atomic E-state index is 0.0536. The van der Waals surface area contributed by atoms with E-state index in [9.17, 15) is 0 Å². The molecule has 0 spiro atoms. The Morgan fingerprint density at radius 1 is 1.79 bits per heavy atom. The maximum atomic E-state index is 8.52. The van der Waals surface area contributed by atoms with Crippen LogP contribution in [0.25, 0.3) is 0 Å². The second-order valence-electron chi connectivity index (χ2n) is 3.20. The summed E-state index contributed by atoms with van der Waals surface area (Å²) >= 11 is 1.70. The van der Waals surface area contributed by atoms with Crippen LogP contribution in [-0.2, 0) is 6.54 Å². The lowest BCUT2D eigenvalue weighted by Crippen LogP contribution is -2.39. The number of thiophene rings is 1. The van der Waals surface area contributed by atoms with Crippen LogP contribution in [0.4, 0.5) is 0 Å². The Morgan fingerprint density at radius 2 is 2.50 bits per heavy atom. The largest absolute Gasteiger partial charge is 0.409 e. The van der Waals surface area contributed by atoms with Gasteiger partial charge in [0.15, 0.2) is 5.84 Å². The predicted octanol–water partition coefficient (Wildman–Crippen LogP) is 1.31. The van der Waals surface area contributed by atoms with E-state index in [1.54, 1.807) is 11.3 Å². The zero-order chi connectivity index (χ0) is 10.6. The summed E-state index contributed by atoms with van der Waals surface area (Å²) in [5, 5.41) is 13.6. The lowest BCUT2D eigenvalue weighted by Gasteiger charge is -2.22. The molecule has 1 atom stereocenters. The van der Waals surface area contributed by atoms with Gasteiger partial charge in [-0.1, -0.05) is 11.2 Å². The van der Waals surface area contributed by atoms with E-state index in [4.69, 9.17) is 10.9 Å². The van der Waals surface area contributed by atoms with Gasteiger partial charge >= 0.3 is 0 Å². The number of nitrogens with two attached hydrogens (primary N) is 1. The zero-order valence-electron chi connectivity index (χ0n) is 8.34. The number of hydrogen-bond donors (Lipinski definition) is 2. The van der Waals surface area contributed by atoms with Crippen molar-refractivity contribution in [1.82, 2.24) is 4.90 Å². The van der Waals surface area contributed by atoms with E-state index in [-0.39, 0.29) is 11.9 Å². The molecule has 0 fully saturated rings. The smallest absolute Gasteiger partial charge is 0.156 e. The highest BCUT2D eigenvalue weighted by Gasteiger charge is 2.13. The van der Waals surface area contributed by atoms with Crippen molar-refractivity contribution in [1.29, 1.82) is 0 Å². The molecule has 78 valence electrons. The van der Waals surface area contributed by atoms with Crippen molar-refractivity contribution in [3.8, 4) is 0 Å². The molecular formula is C9H15N3OS. The van der Waals surface area contributed by atoms with Crippen LogP contribution in [0.3, 0.4) is 0 Å². The summed E-state index contributed by atoms with van der Waals surface area (Å²) in [4.78, 5) is 3.30. The highest BCUT2D eigenvalue weighted by Crippen LogP contribution is 2.12. The summed E-state index contributed by atoms with van der Waals surface area (Å²) in [6.07, 6.45) is 0. The standard InChI is InChI=1S/C9H15N3OS/c1-7(9(10)11-13)12(2)6-8-4-3-5-14-8/h3-5,7,13H,6H2,1-2H3,(H2,10,11). The van der Waals surface area contributed by atoms with E-state index < -0.39 is 0 Å². The molecule has 5 heteroatoms. The third kappa shape index (κ3) is 2.71. The second-order valence-corrected chi connectivity index (χ2v) is 4.23. The molecule has 1 rings (SSSR count). The highest BCUT2D eigenvalue weighted by atomic mass is 32.1. The van der Waals surface area contributed by atoms with Crippen LogP contribution >= 0.6 is 11.3 Å². The Kier molecular flexibility index (Phi) is 3.91. The lowest BCUT2D eigenvalue weighted by atomic mass is 10.2. The maximum absolute atomic E-state index is 8.52. The molecule has 4 nitrogen and oxygen atoms in total. The molecule has 0 amide bonds. The molecule has 14 heavy (non-hydrogen) atoms. The molecule has 0 aliphatic rings. The Labute approximate surface area is 87.6 Å². The quantitative estimate of drug-likeness (QED) is 0.343. The van der Waals surface area contributed by atoms with Crippen LogP contribution in [-0.4, -0.2) is 29.0 Å². The molecule has 0 aliphatic heterocycles. The van der Waals surface area contributed by atoms with Crippen LogP contribution in [0.15, 0.2) is 22.7 Å². The van der Waals surface area contributed by atoms with Crippen LogP contribution in [0.5, 0.6) is 0 Å². The minimum Gasteiger partial charge on any atom is -0.409 e. The van der Waals surface area contributed by atoms with E-state index in [1.165, 1.54) is 4.88 Å². The van der Waals surface area contributed by atoms with Crippen molar-refractivity contribution >= 4 is 17.2 Å². The summed E-state index contributed by atoms with van der Waals surface area (Å²) in [5.74, 6) is 0.240. The van der Waals surface area contributed by atoms with Crippen LogP contribution < -0.4 is 5.73 Å². The summed E-state index contributed by atoms with van der Waals surface area (Å²) < 4.78 is 0. The van der Waals surface area contributed by atoms with E-state index >= 15 is 0 Å². The maximum Gasteiger partial charge on any atom is 0.156 e. The van der Waals surface area contributed by atoms with Crippen molar-refractivity contribution in [2.24, 2.45) is 10.9 Å². The highest BCUT2D eigenvalue weighted by molar-refractivity contribution is 7.09. The summed E-state index contributed by atoms with van der Waals surface area (Å²) in [5.41, 5.74) is 5.51. The van der Waals surface area contributed by atoms with Gasteiger partial charge in [-0.3, -0.25) is 4.90 Å². The first-order valence-corrected chi connectivity index (χ1v) is 5.23. The van der Waals surface area contributed by atoms with Gasteiger partial charge in [-0.05, 0) is 25.4 Å². The number of amidine groups is 1. The second kappa shape index (κ2) is 4.97. The Morgan fingerprint density at radius 3 is 3.00 bits per heavy atom. The lowest BCUT2D eigenvalue weighted by molar-refractivity contribution is 0.280. The number of nitrogens with zero attached hydrogens (tertiary/aromatic N) is 2. The van der Waals surface area contributed by atoms with Crippen molar-refractivity contribution in [3.05, 3.63) is 22.4 Å². The van der Waals surface area contributed by atoms with Gasteiger partial charge < -0.3 is 10.9 Å². The third-order valence-corrected chi connectivity index (χ3v) is 3.05. The molecule has 0 saturated carbocycles. The fourth-order valence-electron chi connectivity index (χ4n) is 1.09. The Hall–Kier alpha value is -1.07. The first-order valence-electron chi connectivity index (χ1n) is 4.35. The van der Waals surface area contributed by atoms with Gasteiger partial charge in [-0.15, -0.1) is 11.3 Å². The summed E-state index contributed by atoms with van der Waals surface area (Å²) in [7, 11) is 1.95. The van der Waals surface area contributed by atoms with Crippen LogP contribution in [0.2, 0.25) is 0 Å².